The van der Waals surface area contributed by atoms with E-state index in [0.29, 0.717) is 19.1 Å². The molecule has 2 aromatic carbocycles. The van der Waals surface area contributed by atoms with E-state index in [1.165, 1.54) is 5.56 Å². The molecule has 1 fully saturated rings. The third kappa shape index (κ3) is 2.81. The lowest BCUT2D eigenvalue weighted by Crippen LogP contribution is -2.49. The van der Waals surface area contributed by atoms with Crippen LogP contribution in [0.1, 0.15) is 36.8 Å². The number of hydrogen-bond acceptors (Lipinski definition) is 2. The normalized spacial score (nSPS) is 21.8. The van der Waals surface area contributed by atoms with Crippen molar-refractivity contribution in [3.63, 3.8) is 0 Å². The average molecular weight is 400 g/mol. The highest BCUT2D eigenvalue weighted by Crippen LogP contribution is 2.43. The van der Waals surface area contributed by atoms with Gasteiger partial charge in [-0.3, -0.25) is 4.79 Å². The average Bonchev–Trinajstić information content (AvgIpc) is 2.99. The van der Waals surface area contributed by atoms with E-state index in [-0.39, 0.29) is 5.91 Å². The number of rotatable bonds is 2. The highest BCUT2D eigenvalue weighted by atomic mass is 79.9. The topological polar surface area (TPSA) is 29.5 Å². The quantitative estimate of drug-likeness (QED) is 0.735. The van der Waals surface area contributed by atoms with Crippen molar-refractivity contribution in [3.8, 4) is 0 Å². The number of anilines is 1. The zero-order chi connectivity index (χ0) is 17.4. The monoisotopic (exact) mass is 399 g/mol. The number of para-hydroxylation sites is 1. The predicted molar refractivity (Wildman–Crippen MR) is 103 cm³/mol. The molecule has 0 spiro atoms. The van der Waals surface area contributed by atoms with Gasteiger partial charge in [-0.25, -0.2) is 0 Å². The second-order valence-electron chi connectivity index (χ2n) is 7.08. The van der Waals surface area contributed by atoms with Gasteiger partial charge in [0.25, 0.3) is 0 Å². The molecule has 2 aliphatic rings. The Morgan fingerprint density at radius 3 is 2.68 bits per heavy atom. The Bertz CT molecular complexity index is 798. The number of benzene rings is 2. The van der Waals surface area contributed by atoms with Crippen molar-refractivity contribution < 1.29 is 9.53 Å². The Balaban J connectivity index is 1.77. The van der Waals surface area contributed by atoms with Gasteiger partial charge >= 0.3 is 0 Å². The summed E-state index contributed by atoms with van der Waals surface area (Å²) >= 11 is 3.56. The van der Waals surface area contributed by atoms with Crippen LogP contribution < -0.4 is 4.90 Å². The molecule has 3 nitrogen and oxygen atoms in total. The molecule has 4 rings (SSSR count). The zero-order valence-corrected chi connectivity index (χ0v) is 16.0. The molecule has 1 saturated heterocycles. The molecule has 2 heterocycles. The van der Waals surface area contributed by atoms with Gasteiger partial charge in [-0.2, -0.15) is 0 Å². The lowest BCUT2D eigenvalue weighted by Gasteiger charge is -2.39. The van der Waals surface area contributed by atoms with Gasteiger partial charge in [-0.05, 0) is 42.2 Å². The van der Waals surface area contributed by atoms with E-state index in [1.807, 2.05) is 23.1 Å². The SMILES string of the molecule is C[C@@H]1CN(C(=O)C2(c3cccc(Br)c3)CCOCC2)c2ccccc21. The summed E-state index contributed by atoms with van der Waals surface area (Å²) in [4.78, 5) is 15.8. The van der Waals surface area contributed by atoms with Crippen molar-refractivity contribution >= 4 is 27.5 Å². The molecule has 25 heavy (non-hydrogen) atoms. The fourth-order valence-corrected chi connectivity index (χ4v) is 4.60. The molecular weight excluding hydrogens is 378 g/mol. The predicted octanol–water partition coefficient (Wildman–Crippen LogP) is 4.65. The molecule has 0 radical (unpaired) electrons. The summed E-state index contributed by atoms with van der Waals surface area (Å²) in [5.74, 6) is 0.588. The standard InChI is InChI=1S/C21H22BrNO2/c1-15-14-23(19-8-3-2-7-18(15)19)20(24)21(9-11-25-12-10-21)16-5-4-6-17(22)13-16/h2-8,13,15H,9-12,14H2,1H3/t15-/m1/s1. The largest absolute Gasteiger partial charge is 0.381 e. The summed E-state index contributed by atoms with van der Waals surface area (Å²) in [5, 5.41) is 0. The molecule has 0 aliphatic carbocycles. The maximum atomic E-state index is 13.8. The van der Waals surface area contributed by atoms with Crippen molar-refractivity contribution in [1.29, 1.82) is 0 Å². The Hall–Kier alpha value is -1.65. The van der Waals surface area contributed by atoms with Crippen LogP contribution in [-0.4, -0.2) is 25.7 Å². The minimum Gasteiger partial charge on any atom is -0.381 e. The van der Waals surface area contributed by atoms with Gasteiger partial charge in [0.1, 0.15) is 0 Å². The Kier molecular flexibility index (Phi) is 4.42. The van der Waals surface area contributed by atoms with Crippen LogP contribution in [0, 0.1) is 0 Å². The van der Waals surface area contributed by atoms with Crippen molar-refractivity contribution in [2.75, 3.05) is 24.7 Å². The zero-order valence-electron chi connectivity index (χ0n) is 14.4. The van der Waals surface area contributed by atoms with Crippen LogP contribution >= 0.6 is 15.9 Å². The lowest BCUT2D eigenvalue weighted by molar-refractivity contribution is -0.127. The van der Waals surface area contributed by atoms with Gasteiger partial charge < -0.3 is 9.64 Å². The van der Waals surface area contributed by atoms with Crippen LogP contribution in [0.25, 0.3) is 0 Å². The molecule has 0 N–H and O–H groups in total. The lowest BCUT2D eigenvalue weighted by atomic mass is 9.73. The van der Waals surface area contributed by atoms with Crippen LogP contribution in [0.15, 0.2) is 53.0 Å². The van der Waals surface area contributed by atoms with Gasteiger partial charge in [0.05, 0.1) is 5.41 Å². The first-order chi connectivity index (χ1) is 12.1. The molecule has 0 unspecified atom stereocenters. The van der Waals surface area contributed by atoms with Crippen molar-refractivity contribution in [3.05, 3.63) is 64.1 Å². The van der Waals surface area contributed by atoms with E-state index in [0.717, 1.165) is 35.1 Å². The summed E-state index contributed by atoms with van der Waals surface area (Å²) < 4.78 is 6.61. The summed E-state index contributed by atoms with van der Waals surface area (Å²) in [6.07, 6.45) is 1.46. The second kappa shape index (κ2) is 6.58. The number of carbonyl (C=O) groups excluding carboxylic acids is 1. The van der Waals surface area contributed by atoms with Crippen LogP contribution in [-0.2, 0) is 14.9 Å². The van der Waals surface area contributed by atoms with Gasteiger partial charge in [0.15, 0.2) is 0 Å². The minimum absolute atomic E-state index is 0.214. The first kappa shape index (κ1) is 16.8. The van der Waals surface area contributed by atoms with Crippen LogP contribution in [0.4, 0.5) is 5.69 Å². The molecule has 0 saturated carbocycles. The number of amides is 1. The maximum absolute atomic E-state index is 13.8. The molecular formula is C21H22BrNO2. The molecule has 0 aromatic heterocycles. The molecule has 130 valence electrons. The van der Waals surface area contributed by atoms with Gasteiger partial charge in [0.2, 0.25) is 5.91 Å². The molecule has 2 aromatic rings. The maximum Gasteiger partial charge on any atom is 0.237 e. The van der Waals surface area contributed by atoms with E-state index in [1.54, 1.807) is 0 Å². The summed E-state index contributed by atoms with van der Waals surface area (Å²) in [7, 11) is 0. The second-order valence-corrected chi connectivity index (χ2v) is 8.00. The van der Waals surface area contributed by atoms with Crippen molar-refractivity contribution in [2.45, 2.75) is 31.1 Å². The third-order valence-corrected chi connectivity index (χ3v) is 6.09. The number of nitrogens with zero attached hydrogens (tertiary/aromatic N) is 1. The Labute approximate surface area is 157 Å². The Morgan fingerprint density at radius 1 is 1.16 bits per heavy atom. The summed E-state index contributed by atoms with van der Waals surface area (Å²) in [5.41, 5.74) is 2.93. The van der Waals surface area contributed by atoms with E-state index < -0.39 is 5.41 Å². The van der Waals surface area contributed by atoms with Crippen LogP contribution in [0.3, 0.4) is 0 Å². The number of hydrogen-bond donors (Lipinski definition) is 0. The first-order valence-electron chi connectivity index (χ1n) is 8.86. The molecule has 0 bridgehead atoms. The van der Waals surface area contributed by atoms with Gasteiger partial charge in [-0.1, -0.05) is 53.2 Å². The fraction of sp³-hybridized carbons (Fsp3) is 0.381. The molecule has 2 aliphatic heterocycles. The van der Waals surface area contributed by atoms with E-state index in [4.69, 9.17) is 4.74 Å². The molecule has 1 amide bonds. The number of ether oxygens (including phenoxy) is 1. The summed E-state index contributed by atoms with van der Waals surface area (Å²) in [6.45, 7) is 4.21. The van der Waals surface area contributed by atoms with Crippen LogP contribution in [0.5, 0.6) is 0 Å². The highest BCUT2D eigenvalue weighted by molar-refractivity contribution is 9.10. The first-order valence-corrected chi connectivity index (χ1v) is 9.66. The Morgan fingerprint density at radius 2 is 1.92 bits per heavy atom. The third-order valence-electron chi connectivity index (χ3n) is 5.59. The van der Waals surface area contributed by atoms with Crippen molar-refractivity contribution in [1.82, 2.24) is 0 Å². The number of carbonyl (C=O) groups is 1. The summed E-state index contributed by atoms with van der Waals surface area (Å²) in [6, 6.07) is 16.5. The molecule has 1 atom stereocenters. The minimum atomic E-state index is -0.501. The smallest absolute Gasteiger partial charge is 0.237 e. The van der Waals surface area contributed by atoms with Gasteiger partial charge in [-0.15, -0.1) is 0 Å². The highest BCUT2D eigenvalue weighted by Gasteiger charge is 2.46. The van der Waals surface area contributed by atoms with Crippen molar-refractivity contribution in [2.24, 2.45) is 0 Å². The molecule has 4 heteroatoms. The van der Waals surface area contributed by atoms with E-state index >= 15 is 0 Å². The van der Waals surface area contributed by atoms with Crippen LogP contribution in [0.2, 0.25) is 0 Å². The fourth-order valence-electron chi connectivity index (χ4n) is 4.20. The number of fused-ring (bicyclic) bond motifs is 1. The van der Waals surface area contributed by atoms with E-state index in [2.05, 4.69) is 53.2 Å². The van der Waals surface area contributed by atoms with E-state index in [9.17, 15) is 4.79 Å². The number of halogens is 1. The van der Waals surface area contributed by atoms with Gasteiger partial charge in [0, 0.05) is 35.8 Å².